The van der Waals surface area contributed by atoms with E-state index in [1.54, 1.807) is 7.05 Å². The highest BCUT2D eigenvalue weighted by Crippen LogP contribution is 2.31. The van der Waals surface area contributed by atoms with Gasteiger partial charge in [0.05, 0.1) is 6.61 Å². The van der Waals surface area contributed by atoms with Crippen LogP contribution in [0.4, 0.5) is 0 Å². The van der Waals surface area contributed by atoms with Crippen LogP contribution in [0, 0.1) is 5.41 Å². The highest BCUT2D eigenvalue weighted by atomic mass is 127. The van der Waals surface area contributed by atoms with Crippen molar-refractivity contribution in [2.75, 3.05) is 46.5 Å². The fraction of sp³-hybridized carbons (Fsp3) is 0.667. The fourth-order valence-corrected chi connectivity index (χ4v) is 4.07. The van der Waals surface area contributed by atoms with E-state index in [4.69, 9.17) is 4.74 Å². The molecule has 158 valence electrons. The monoisotopic (exact) mass is 502 g/mol. The second-order valence-corrected chi connectivity index (χ2v) is 7.92. The van der Waals surface area contributed by atoms with Gasteiger partial charge in [0, 0.05) is 57.9 Å². The topological polar surface area (TPSA) is 69.1 Å². The van der Waals surface area contributed by atoms with Crippen LogP contribution >= 0.6 is 24.0 Å². The molecule has 0 spiro atoms. The maximum Gasteiger partial charge on any atom is 0.191 e. The number of hydrogen-bond donors (Lipinski definition) is 3. The van der Waals surface area contributed by atoms with Gasteiger partial charge in [0.1, 0.15) is 0 Å². The molecule has 2 heterocycles. The maximum absolute atomic E-state index is 9.37. The summed E-state index contributed by atoms with van der Waals surface area (Å²) in [6, 6.07) is 9.18. The Kier molecular flexibility index (Phi) is 9.46. The largest absolute Gasteiger partial charge is 0.396 e. The molecule has 0 aliphatic carbocycles. The van der Waals surface area contributed by atoms with Crippen molar-refractivity contribution in [2.45, 2.75) is 38.8 Å². The molecule has 2 atom stereocenters. The van der Waals surface area contributed by atoms with Gasteiger partial charge in [0.2, 0.25) is 0 Å². The third kappa shape index (κ3) is 6.05. The molecule has 2 unspecified atom stereocenters. The van der Waals surface area contributed by atoms with Crippen molar-refractivity contribution in [1.29, 1.82) is 0 Å². The summed E-state index contributed by atoms with van der Waals surface area (Å²) in [7, 11) is 1.81. The van der Waals surface area contributed by atoms with Gasteiger partial charge in [-0.2, -0.15) is 0 Å². The minimum Gasteiger partial charge on any atom is -0.396 e. The number of nitrogens with one attached hydrogen (secondary N) is 2. The van der Waals surface area contributed by atoms with E-state index in [0.29, 0.717) is 12.6 Å². The summed E-state index contributed by atoms with van der Waals surface area (Å²) in [6.07, 6.45) is 2.87. The number of nitrogens with zero attached hydrogens (tertiary/aromatic N) is 2. The van der Waals surface area contributed by atoms with Crippen LogP contribution in [0.2, 0.25) is 0 Å². The number of aliphatic hydroxyl groups is 1. The van der Waals surface area contributed by atoms with Crippen LogP contribution in [-0.4, -0.2) is 68.5 Å². The van der Waals surface area contributed by atoms with Gasteiger partial charge in [-0.25, -0.2) is 0 Å². The fourth-order valence-electron chi connectivity index (χ4n) is 4.07. The summed E-state index contributed by atoms with van der Waals surface area (Å²) >= 11 is 0. The molecule has 2 aliphatic heterocycles. The first-order valence-electron chi connectivity index (χ1n) is 10.1. The normalized spacial score (nSPS) is 23.6. The molecular weight excluding hydrogens is 467 g/mol. The third-order valence-corrected chi connectivity index (χ3v) is 6.03. The lowest BCUT2D eigenvalue weighted by Crippen LogP contribution is -2.49. The predicted molar refractivity (Wildman–Crippen MR) is 124 cm³/mol. The van der Waals surface area contributed by atoms with Gasteiger partial charge in [-0.3, -0.25) is 9.89 Å². The molecule has 1 aromatic carbocycles. The standard InChI is InChI=1S/C21H34N4O2.HI/c1-17(25-10-7-18-5-3-4-6-19(18)14-25)13-23-20(22-2)24-15-21(8-11-26)9-12-27-16-21;/h3-6,17,26H,7-16H2,1-2H3,(H2,22,23,24);1H. The Labute approximate surface area is 186 Å². The van der Waals surface area contributed by atoms with E-state index < -0.39 is 0 Å². The number of guanidine groups is 1. The van der Waals surface area contributed by atoms with E-state index in [0.717, 1.165) is 58.0 Å². The Hall–Kier alpha value is -0.900. The first-order valence-corrected chi connectivity index (χ1v) is 10.1. The SMILES string of the molecule is CN=C(NCC(C)N1CCc2ccccc2C1)NCC1(CCO)CCOC1.I. The quantitative estimate of drug-likeness (QED) is 0.303. The zero-order chi connectivity index (χ0) is 19.1. The molecule has 0 radical (unpaired) electrons. The van der Waals surface area contributed by atoms with E-state index in [-0.39, 0.29) is 36.0 Å². The average molecular weight is 502 g/mol. The molecule has 2 aliphatic rings. The van der Waals surface area contributed by atoms with Gasteiger partial charge < -0.3 is 20.5 Å². The van der Waals surface area contributed by atoms with E-state index in [9.17, 15) is 5.11 Å². The lowest BCUT2D eigenvalue weighted by Gasteiger charge is -2.34. The van der Waals surface area contributed by atoms with Gasteiger partial charge in [0.15, 0.2) is 5.96 Å². The highest BCUT2D eigenvalue weighted by molar-refractivity contribution is 14.0. The Balaban J connectivity index is 0.00000280. The Morgan fingerprint density at radius 1 is 1.32 bits per heavy atom. The minimum atomic E-state index is 0. The number of hydrogen-bond acceptors (Lipinski definition) is 4. The Morgan fingerprint density at radius 3 is 2.79 bits per heavy atom. The molecule has 1 aromatic rings. The van der Waals surface area contributed by atoms with Gasteiger partial charge >= 0.3 is 0 Å². The van der Waals surface area contributed by atoms with Gasteiger partial charge in [-0.1, -0.05) is 24.3 Å². The third-order valence-electron chi connectivity index (χ3n) is 6.03. The molecule has 1 saturated heterocycles. The van der Waals surface area contributed by atoms with E-state index in [2.05, 4.69) is 51.7 Å². The molecule has 0 amide bonds. The van der Waals surface area contributed by atoms with Crippen molar-refractivity contribution in [2.24, 2.45) is 10.4 Å². The molecule has 0 bridgehead atoms. The first kappa shape index (κ1) is 23.4. The molecule has 7 heteroatoms. The zero-order valence-electron chi connectivity index (χ0n) is 17.1. The summed E-state index contributed by atoms with van der Waals surface area (Å²) in [5.74, 6) is 0.823. The van der Waals surface area contributed by atoms with E-state index in [1.165, 1.54) is 11.1 Å². The molecule has 3 rings (SSSR count). The molecule has 0 saturated carbocycles. The summed E-state index contributed by atoms with van der Waals surface area (Å²) in [5.41, 5.74) is 2.96. The van der Waals surface area contributed by atoms with Crippen molar-refractivity contribution in [1.82, 2.24) is 15.5 Å². The highest BCUT2D eigenvalue weighted by Gasteiger charge is 2.34. The average Bonchev–Trinajstić information content (AvgIpc) is 3.16. The smallest absolute Gasteiger partial charge is 0.191 e. The minimum absolute atomic E-state index is 0. The number of aliphatic imine (C=N–C) groups is 1. The van der Waals surface area contributed by atoms with E-state index in [1.807, 2.05) is 0 Å². The lowest BCUT2D eigenvalue weighted by atomic mass is 9.84. The molecule has 0 aromatic heterocycles. The molecule has 1 fully saturated rings. The first-order chi connectivity index (χ1) is 13.2. The van der Waals surface area contributed by atoms with Crippen LogP contribution in [-0.2, 0) is 17.7 Å². The second kappa shape index (κ2) is 11.3. The summed E-state index contributed by atoms with van der Waals surface area (Å²) in [6.45, 7) is 7.70. The molecule has 28 heavy (non-hydrogen) atoms. The Bertz CT molecular complexity index is 635. The van der Waals surface area contributed by atoms with Crippen LogP contribution in [0.25, 0.3) is 0 Å². The van der Waals surface area contributed by atoms with Crippen LogP contribution in [0.5, 0.6) is 0 Å². The number of benzene rings is 1. The number of ether oxygens (including phenoxy) is 1. The number of aliphatic hydroxyl groups excluding tert-OH is 1. The van der Waals surface area contributed by atoms with Crippen molar-refractivity contribution >= 4 is 29.9 Å². The summed E-state index contributed by atoms with van der Waals surface area (Å²) in [5, 5.41) is 16.3. The van der Waals surface area contributed by atoms with Crippen LogP contribution in [0.15, 0.2) is 29.3 Å². The number of fused-ring (bicyclic) bond motifs is 1. The van der Waals surface area contributed by atoms with Crippen LogP contribution < -0.4 is 10.6 Å². The number of halogens is 1. The van der Waals surface area contributed by atoms with Gasteiger partial charge in [-0.15, -0.1) is 24.0 Å². The predicted octanol–water partition coefficient (Wildman–Crippen LogP) is 2.01. The van der Waals surface area contributed by atoms with Gasteiger partial charge in [0.25, 0.3) is 0 Å². The van der Waals surface area contributed by atoms with Crippen LogP contribution in [0.3, 0.4) is 0 Å². The Morgan fingerprint density at radius 2 is 2.11 bits per heavy atom. The van der Waals surface area contributed by atoms with Crippen molar-refractivity contribution in [3.05, 3.63) is 35.4 Å². The second-order valence-electron chi connectivity index (χ2n) is 7.92. The number of rotatable bonds is 7. The molecule has 6 nitrogen and oxygen atoms in total. The van der Waals surface area contributed by atoms with Crippen molar-refractivity contribution < 1.29 is 9.84 Å². The van der Waals surface area contributed by atoms with E-state index >= 15 is 0 Å². The van der Waals surface area contributed by atoms with Crippen LogP contribution in [0.1, 0.15) is 30.9 Å². The lowest BCUT2D eigenvalue weighted by molar-refractivity contribution is 0.127. The summed E-state index contributed by atoms with van der Waals surface area (Å²) < 4.78 is 5.57. The molecular formula is C21H35IN4O2. The van der Waals surface area contributed by atoms with Gasteiger partial charge in [-0.05, 0) is 37.3 Å². The van der Waals surface area contributed by atoms with Crippen molar-refractivity contribution in [3.8, 4) is 0 Å². The van der Waals surface area contributed by atoms with Crippen molar-refractivity contribution in [3.63, 3.8) is 0 Å². The maximum atomic E-state index is 9.37. The molecule has 3 N–H and O–H groups in total. The summed E-state index contributed by atoms with van der Waals surface area (Å²) in [4.78, 5) is 6.89. The zero-order valence-corrected chi connectivity index (χ0v) is 19.4.